The average Bonchev–Trinajstić information content (AvgIpc) is 2.19. The van der Waals surface area contributed by atoms with Gasteiger partial charge in [0.05, 0.1) is 18.0 Å². The SMILES string of the molecule is CCOCC(C)Nc1ccc(I)cc1N. The van der Waals surface area contributed by atoms with E-state index in [2.05, 4.69) is 34.8 Å². The van der Waals surface area contributed by atoms with Crippen LogP contribution in [0.2, 0.25) is 0 Å². The van der Waals surface area contributed by atoms with Crippen molar-refractivity contribution in [3.8, 4) is 0 Å². The molecule has 1 aromatic rings. The van der Waals surface area contributed by atoms with E-state index in [1.54, 1.807) is 0 Å². The van der Waals surface area contributed by atoms with Gasteiger partial charge in [0.1, 0.15) is 0 Å². The molecule has 0 saturated heterocycles. The van der Waals surface area contributed by atoms with Gasteiger partial charge in [-0.15, -0.1) is 0 Å². The molecule has 1 rings (SSSR count). The van der Waals surface area contributed by atoms with Crippen LogP contribution in [-0.4, -0.2) is 19.3 Å². The molecule has 0 radical (unpaired) electrons. The second kappa shape index (κ2) is 6.17. The Labute approximate surface area is 105 Å². The minimum Gasteiger partial charge on any atom is -0.397 e. The summed E-state index contributed by atoms with van der Waals surface area (Å²) in [5.74, 6) is 0. The lowest BCUT2D eigenvalue weighted by molar-refractivity contribution is 0.141. The highest BCUT2D eigenvalue weighted by molar-refractivity contribution is 14.1. The summed E-state index contributed by atoms with van der Waals surface area (Å²) in [5, 5.41) is 3.32. The molecule has 0 aliphatic heterocycles. The van der Waals surface area contributed by atoms with Gasteiger partial charge in [-0.05, 0) is 54.6 Å². The Balaban J connectivity index is 2.56. The fourth-order valence-electron chi connectivity index (χ4n) is 1.27. The van der Waals surface area contributed by atoms with Crippen LogP contribution in [0.25, 0.3) is 0 Å². The Bertz CT molecular complexity index is 317. The van der Waals surface area contributed by atoms with Gasteiger partial charge in [0, 0.05) is 16.2 Å². The zero-order valence-electron chi connectivity index (χ0n) is 9.09. The summed E-state index contributed by atoms with van der Waals surface area (Å²) in [7, 11) is 0. The first-order valence-corrected chi connectivity index (χ1v) is 6.10. The molecule has 0 bridgehead atoms. The minimum absolute atomic E-state index is 0.271. The Morgan fingerprint density at radius 3 is 2.87 bits per heavy atom. The number of nitrogen functional groups attached to an aromatic ring is 1. The molecule has 3 nitrogen and oxygen atoms in total. The van der Waals surface area contributed by atoms with Gasteiger partial charge in [-0.2, -0.15) is 0 Å². The lowest BCUT2D eigenvalue weighted by Gasteiger charge is -2.16. The van der Waals surface area contributed by atoms with Crippen molar-refractivity contribution in [2.75, 3.05) is 24.3 Å². The van der Waals surface area contributed by atoms with E-state index in [0.29, 0.717) is 6.61 Å². The van der Waals surface area contributed by atoms with Gasteiger partial charge in [-0.25, -0.2) is 0 Å². The van der Waals surface area contributed by atoms with Gasteiger partial charge in [-0.3, -0.25) is 0 Å². The second-order valence-corrected chi connectivity index (χ2v) is 4.68. The molecule has 0 fully saturated rings. The zero-order chi connectivity index (χ0) is 11.3. The van der Waals surface area contributed by atoms with Gasteiger partial charge in [0.25, 0.3) is 0 Å². The molecule has 3 N–H and O–H groups in total. The lowest BCUT2D eigenvalue weighted by Crippen LogP contribution is -2.22. The number of rotatable bonds is 5. The molecule has 15 heavy (non-hydrogen) atoms. The third-order valence-electron chi connectivity index (χ3n) is 1.99. The van der Waals surface area contributed by atoms with Crippen LogP contribution >= 0.6 is 22.6 Å². The van der Waals surface area contributed by atoms with Crippen molar-refractivity contribution in [2.45, 2.75) is 19.9 Å². The summed E-state index contributed by atoms with van der Waals surface area (Å²) < 4.78 is 6.47. The first kappa shape index (κ1) is 12.6. The molecule has 4 heteroatoms. The molecule has 0 aromatic heterocycles. The van der Waals surface area contributed by atoms with Crippen LogP contribution in [-0.2, 0) is 4.74 Å². The number of benzene rings is 1. The van der Waals surface area contributed by atoms with Gasteiger partial charge >= 0.3 is 0 Å². The van der Waals surface area contributed by atoms with Crippen LogP contribution in [0.1, 0.15) is 13.8 Å². The second-order valence-electron chi connectivity index (χ2n) is 3.44. The van der Waals surface area contributed by atoms with E-state index < -0.39 is 0 Å². The van der Waals surface area contributed by atoms with E-state index in [1.165, 1.54) is 0 Å². The smallest absolute Gasteiger partial charge is 0.0664 e. The summed E-state index contributed by atoms with van der Waals surface area (Å²) in [5.41, 5.74) is 7.65. The lowest BCUT2D eigenvalue weighted by atomic mass is 10.2. The summed E-state index contributed by atoms with van der Waals surface area (Å²) in [6.07, 6.45) is 0. The molecule has 1 aromatic carbocycles. The van der Waals surface area contributed by atoms with Crippen molar-refractivity contribution >= 4 is 34.0 Å². The third kappa shape index (κ3) is 4.25. The fraction of sp³-hybridized carbons (Fsp3) is 0.455. The molecule has 0 spiro atoms. The molecule has 0 amide bonds. The molecular formula is C11H17IN2O. The highest BCUT2D eigenvalue weighted by Crippen LogP contribution is 2.21. The van der Waals surface area contributed by atoms with E-state index in [-0.39, 0.29) is 6.04 Å². The number of nitrogens with two attached hydrogens (primary N) is 1. The van der Waals surface area contributed by atoms with Crippen molar-refractivity contribution in [2.24, 2.45) is 0 Å². The normalized spacial score (nSPS) is 12.5. The maximum atomic E-state index is 5.89. The van der Waals surface area contributed by atoms with Gasteiger partial charge in [-0.1, -0.05) is 0 Å². The van der Waals surface area contributed by atoms with Gasteiger partial charge < -0.3 is 15.8 Å². The molecular weight excluding hydrogens is 303 g/mol. The Kier molecular flexibility index (Phi) is 5.17. The highest BCUT2D eigenvalue weighted by Gasteiger charge is 2.04. The van der Waals surface area contributed by atoms with Crippen LogP contribution in [0.15, 0.2) is 18.2 Å². The van der Waals surface area contributed by atoms with Crippen molar-refractivity contribution < 1.29 is 4.74 Å². The van der Waals surface area contributed by atoms with Crippen LogP contribution in [0, 0.1) is 3.57 Å². The van der Waals surface area contributed by atoms with Crippen molar-refractivity contribution in [3.05, 3.63) is 21.8 Å². The first-order chi connectivity index (χ1) is 7.13. The number of ether oxygens (including phenoxy) is 1. The van der Waals surface area contributed by atoms with E-state index in [9.17, 15) is 0 Å². The topological polar surface area (TPSA) is 47.3 Å². The minimum atomic E-state index is 0.271. The monoisotopic (exact) mass is 320 g/mol. The zero-order valence-corrected chi connectivity index (χ0v) is 11.2. The van der Waals surface area contributed by atoms with E-state index >= 15 is 0 Å². The Morgan fingerprint density at radius 1 is 1.53 bits per heavy atom. The Morgan fingerprint density at radius 2 is 2.27 bits per heavy atom. The summed E-state index contributed by atoms with van der Waals surface area (Å²) in [6, 6.07) is 6.26. The highest BCUT2D eigenvalue weighted by atomic mass is 127. The first-order valence-electron chi connectivity index (χ1n) is 5.02. The average molecular weight is 320 g/mol. The standard InChI is InChI=1S/C11H17IN2O/c1-3-15-7-8(2)14-11-5-4-9(12)6-10(11)13/h4-6,8,14H,3,7,13H2,1-2H3. The molecule has 84 valence electrons. The fourth-order valence-corrected chi connectivity index (χ4v) is 1.78. The maximum Gasteiger partial charge on any atom is 0.0664 e. The predicted molar refractivity (Wildman–Crippen MR) is 73.1 cm³/mol. The molecule has 1 atom stereocenters. The summed E-state index contributed by atoms with van der Waals surface area (Å²) >= 11 is 2.25. The van der Waals surface area contributed by atoms with Crippen molar-refractivity contribution in [1.82, 2.24) is 0 Å². The van der Waals surface area contributed by atoms with Crippen LogP contribution < -0.4 is 11.1 Å². The molecule has 0 heterocycles. The quantitative estimate of drug-likeness (QED) is 0.648. The van der Waals surface area contributed by atoms with Gasteiger partial charge in [0.15, 0.2) is 0 Å². The number of anilines is 2. The van der Waals surface area contributed by atoms with E-state index in [4.69, 9.17) is 10.5 Å². The maximum absolute atomic E-state index is 5.89. The van der Waals surface area contributed by atoms with Crippen molar-refractivity contribution in [3.63, 3.8) is 0 Å². The number of hydrogen-bond acceptors (Lipinski definition) is 3. The number of halogens is 1. The molecule has 0 aliphatic rings. The van der Waals surface area contributed by atoms with Crippen molar-refractivity contribution in [1.29, 1.82) is 0 Å². The van der Waals surface area contributed by atoms with E-state index in [1.807, 2.05) is 25.1 Å². The van der Waals surface area contributed by atoms with E-state index in [0.717, 1.165) is 21.6 Å². The molecule has 0 saturated carbocycles. The van der Waals surface area contributed by atoms with Gasteiger partial charge in [0.2, 0.25) is 0 Å². The molecule has 0 aliphatic carbocycles. The summed E-state index contributed by atoms with van der Waals surface area (Å²) in [4.78, 5) is 0. The third-order valence-corrected chi connectivity index (χ3v) is 2.66. The van der Waals surface area contributed by atoms with Crippen LogP contribution in [0.4, 0.5) is 11.4 Å². The largest absolute Gasteiger partial charge is 0.397 e. The summed E-state index contributed by atoms with van der Waals surface area (Å²) in [6.45, 7) is 5.51. The molecule has 1 unspecified atom stereocenters. The van der Waals surface area contributed by atoms with Crippen LogP contribution in [0.3, 0.4) is 0 Å². The Hall–Kier alpha value is -0.490. The van der Waals surface area contributed by atoms with Crippen LogP contribution in [0.5, 0.6) is 0 Å². The number of hydrogen-bond donors (Lipinski definition) is 2. The number of nitrogens with one attached hydrogen (secondary N) is 1. The predicted octanol–water partition coefficient (Wildman–Crippen LogP) is 2.71.